The summed E-state index contributed by atoms with van der Waals surface area (Å²) >= 11 is 0. The summed E-state index contributed by atoms with van der Waals surface area (Å²) in [6, 6.07) is 75.6. The van der Waals surface area contributed by atoms with Crippen molar-refractivity contribution in [1.29, 1.82) is 0 Å². The van der Waals surface area contributed by atoms with Crippen LogP contribution in [-0.2, 0) is 5.41 Å². The smallest absolute Gasteiger partial charge is 0.136 e. The van der Waals surface area contributed by atoms with Crippen molar-refractivity contribution in [3.8, 4) is 22.5 Å². The molecule has 0 unspecified atom stereocenters. The Morgan fingerprint density at radius 1 is 0.328 bits per heavy atom. The van der Waals surface area contributed by atoms with Crippen molar-refractivity contribution >= 4 is 65.6 Å². The first-order chi connectivity index (χ1) is 28.8. The summed E-state index contributed by atoms with van der Waals surface area (Å²) in [5, 5.41) is 7.17. The first-order valence-corrected chi connectivity index (χ1v) is 20.0. The second-order valence-electron chi connectivity index (χ2n) is 15.6. The van der Waals surface area contributed by atoms with Crippen molar-refractivity contribution in [3.05, 3.63) is 229 Å². The SMILES string of the molecule is c1ccc(-n2c3cc4c(cc3c3c5c(ccc32)oc2ccccc25)c2ccccc2n4-c2cccc(C3(c4ccccc4)c4ccccc4-c4ccccc43)c2)cc1. The first-order valence-electron chi connectivity index (χ1n) is 20.0. The molecule has 3 heterocycles. The van der Waals surface area contributed by atoms with Gasteiger partial charge in [-0.3, -0.25) is 0 Å². The lowest BCUT2D eigenvalue weighted by Gasteiger charge is -2.34. The van der Waals surface area contributed by atoms with Crippen molar-refractivity contribution in [3.63, 3.8) is 0 Å². The molecule has 9 aromatic carbocycles. The Morgan fingerprint density at radius 3 is 1.72 bits per heavy atom. The molecule has 12 aromatic rings. The van der Waals surface area contributed by atoms with E-state index in [0.717, 1.165) is 44.3 Å². The topological polar surface area (TPSA) is 23.0 Å². The quantitative estimate of drug-likeness (QED) is 0.176. The molecule has 0 amide bonds. The van der Waals surface area contributed by atoms with Crippen LogP contribution in [0.3, 0.4) is 0 Å². The van der Waals surface area contributed by atoms with Crippen molar-refractivity contribution in [2.45, 2.75) is 5.41 Å². The minimum atomic E-state index is -0.491. The second kappa shape index (κ2) is 11.7. The Hall–Kier alpha value is -7.62. The van der Waals surface area contributed by atoms with Gasteiger partial charge in [-0.05, 0) is 94.0 Å². The monoisotopic (exact) mass is 738 g/mol. The standard InChI is InChI=1S/C55H34N2O/c1-3-16-35(17-4-1)55(45-26-11-7-22-39(45)40-23-8-12-27-46(40)55)36-18-15-21-38(32-36)57-47-28-13-9-24-41(47)43-33-44-50(34-49(43)57)56(37-19-5-2-6-20-37)48-30-31-52-54(53(44)48)42-25-10-14-29-51(42)58-52/h1-34H. The molecule has 0 spiro atoms. The summed E-state index contributed by atoms with van der Waals surface area (Å²) in [6.45, 7) is 0. The number of nitrogens with zero attached hydrogens (tertiary/aromatic N) is 2. The van der Waals surface area contributed by atoms with Gasteiger partial charge in [0, 0.05) is 43.7 Å². The summed E-state index contributed by atoms with van der Waals surface area (Å²) in [5.74, 6) is 0. The van der Waals surface area contributed by atoms with E-state index < -0.39 is 5.41 Å². The Kier molecular flexibility index (Phi) is 6.37. The van der Waals surface area contributed by atoms with Gasteiger partial charge in [0.1, 0.15) is 11.2 Å². The maximum absolute atomic E-state index is 6.47. The molecule has 0 radical (unpaired) electrons. The van der Waals surface area contributed by atoms with Gasteiger partial charge in [0.25, 0.3) is 0 Å². The highest BCUT2D eigenvalue weighted by molar-refractivity contribution is 6.29. The molecule has 0 fully saturated rings. The molecule has 0 atom stereocenters. The van der Waals surface area contributed by atoms with E-state index in [0.29, 0.717) is 0 Å². The molecule has 0 saturated heterocycles. The molecule has 0 saturated carbocycles. The van der Waals surface area contributed by atoms with E-state index in [9.17, 15) is 0 Å². The fourth-order valence-corrected chi connectivity index (χ4v) is 10.5. The largest absolute Gasteiger partial charge is 0.456 e. The van der Waals surface area contributed by atoms with Crippen LogP contribution in [0.15, 0.2) is 211 Å². The van der Waals surface area contributed by atoms with Crippen molar-refractivity contribution < 1.29 is 4.42 Å². The molecule has 0 aliphatic heterocycles. The van der Waals surface area contributed by atoms with Crippen LogP contribution < -0.4 is 0 Å². The van der Waals surface area contributed by atoms with Crippen LogP contribution in [0.25, 0.3) is 88.1 Å². The fourth-order valence-electron chi connectivity index (χ4n) is 10.5. The Morgan fingerprint density at radius 2 is 0.931 bits per heavy atom. The lowest BCUT2D eigenvalue weighted by molar-refractivity contribution is 0.669. The molecule has 13 rings (SSSR count). The van der Waals surface area contributed by atoms with E-state index in [1.807, 2.05) is 0 Å². The predicted molar refractivity (Wildman–Crippen MR) is 240 cm³/mol. The number of hydrogen-bond acceptors (Lipinski definition) is 1. The van der Waals surface area contributed by atoms with Crippen molar-refractivity contribution in [2.75, 3.05) is 0 Å². The molecule has 3 nitrogen and oxygen atoms in total. The third-order valence-corrected chi connectivity index (χ3v) is 12.8. The van der Waals surface area contributed by atoms with Gasteiger partial charge in [-0.2, -0.15) is 0 Å². The van der Waals surface area contributed by atoms with Crippen LogP contribution in [-0.4, -0.2) is 9.13 Å². The van der Waals surface area contributed by atoms with E-state index in [-0.39, 0.29) is 0 Å². The summed E-state index contributed by atoms with van der Waals surface area (Å²) in [5.41, 5.74) is 16.0. The van der Waals surface area contributed by atoms with E-state index >= 15 is 0 Å². The summed E-state index contributed by atoms with van der Waals surface area (Å²) in [6.07, 6.45) is 0. The Labute approximate surface area is 334 Å². The van der Waals surface area contributed by atoms with Gasteiger partial charge >= 0.3 is 0 Å². The van der Waals surface area contributed by atoms with Crippen LogP contribution in [0, 0.1) is 0 Å². The Bertz CT molecular complexity index is 3580. The Balaban J connectivity index is 1.15. The van der Waals surface area contributed by atoms with Gasteiger partial charge in [-0.25, -0.2) is 0 Å². The average Bonchev–Trinajstić information content (AvgIpc) is 4.01. The minimum Gasteiger partial charge on any atom is -0.456 e. The number of fused-ring (bicyclic) bond motifs is 13. The van der Waals surface area contributed by atoms with E-state index in [2.05, 4.69) is 215 Å². The van der Waals surface area contributed by atoms with Gasteiger partial charge < -0.3 is 13.6 Å². The summed E-state index contributed by atoms with van der Waals surface area (Å²) in [4.78, 5) is 0. The molecule has 58 heavy (non-hydrogen) atoms. The highest BCUT2D eigenvalue weighted by Crippen LogP contribution is 2.56. The molecule has 0 bridgehead atoms. The zero-order chi connectivity index (χ0) is 38.0. The molecule has 0 N–H and O–H groups in total. The molecular formula is C55H34N2O. The van der Waals surface area contributed by atoms with Crippen LogP contribution in [0.1, 0.15) is 22.3 Å². The lowest BCUT2D eigenvalue weighted by atomic mass is 9.67. The number of benzene rings is 9. The number of furan rings is 1. The highest BCUT2D eigenvalue weighted by Gasteiger charge is 2.46. The third-order valence-electron chi connectivity index (χ3n) is 12.8. The number of aromatic nitrogens is 2. The fraction of sp³-hybridized carbons (Fsp3) is 0.0182. The van der Waals surface area contributed by atoms with Gasteiger partial charge in [-0.1, -0.05) is 146 Å². The maximum Gasteiger partial charge on any atom is 0.136 e. The highest BCUT2D eigenvalue weighted by atomic mass is 16.3. The van der Waals surface area contributed by atoms with Crippen LogP contribution in [0.5, 0.6) is 0 Å². The van der Waals surface area contributed by atoms with Crippen molar-refractivity contribution in [1.82, 2.24) is 9.13 Å². The lowest BCUT2D eigenvalue weighted by Crippen LogP contribution is -2.28. The molecular weight excluding hydrogens is 705 g/mol. The van der Waals surface area contributed by atoms with Crippen LogP contribution in [0.4, 0.5) is 0 Å². The van der Waals surface area contributed by atoms with Gasteiger partial charge in [0.15, 0.2) is 0 Å². The van der Waals surface area contributed by atoms with E-state index in [1.54, 1.807) is 0 Å². The zero-order valence-electron chi connectivity index (χ0n) is 31.4. The number of hydrogen-bond donors (Lipinski definition) is 0. The third kappa shape index (κ3) is 4.07. The number of para-hydroxylation sites is 3. The zero-order valence-corrected chi connectivity index (χ0v) is 31.4. The molecule has 3 heteroatoms. The normalized spacial score (nSPS) is 13.3. The van der Waals surface area contributed by atoms with Gasteiger partial charge in [0.2, 0.25) is 0 Å². The van der Waals surface area contributed by atoms with E-state index in [4.69, 9.17) is 4.42 Å². The maximum atomic E-state index is 6.47. The van der Waals surface area contributed by atoms with Gasteiger partial charge in [-0.15, -0.1) is 0 Å². The minimum absolute atomic E-state index is 0.491. The first kappa shape index (κ1) is 31.6. The summed E-state index contributed by atoms with van der Waals surface area (Å²) in [7, 11) is 0. The molecule has 1 aliphatic rings. The van der Waals surface area contributed by atoms with Crippen molar-refractivity contribution in [2.24, 2.45) is 0 Å². The van der Waals surface area contributed by atoms with Crippen LogP contribution >= 0.6 is 0 Å². The predicted octanol–water partition coefficient (Wildman–Crippen LogP) is 14.1. The molecule has 3 aromatic heterocycles. The van der Waals surface area contributed by atoms with Gasteiger partial charge in [0.05, 0.1) is 27.5 Å². The second-order valence-corrected chi connectivity index (χ2v) is 15.6. The van der Waals surface area contributed by atoms with E-state index in [1.165, 1.54) is 66.0 Å². The van der Waals surface area contributed by atoms with Crippen LogP contribution in [0.2, 0.25) is 0 Å². The molecule has 1 aliphatic carbocycles. The summed E-state index contributed by atoms with van der Waals surface area (Å²) < 4.78 is 11.4. The average molecular weight is 739 g/mol. The number of rotatable bonds is 4. The molecule has 270 valence electrons.